The first-order valence-electron chi connectivity index (χ1n) is 2.17. The summed E-state index contributed by atoms with van der Waals surface area (Å²) in [5.41, 5.74) is 0. The van der Waals surface area contributed by atoms with Gasteiger partial charge in [-0.25, -0.2) is 0 Å². The second-order valence-corrected chi connectivity index (χ2v) is 1.01. The number of hydrogen-bond donors (Lipinski definition) is 1. The summed E-state index contributed by atoms with van der Waals surface area (Å²) in [4.78, 5) is 9.41. The molecule has 0 heterocycles. The second kappa shape index (κ2) is 6.17. The van der Waals surface area contributed by atoms with Gasteiger partial charge in [0.15, 0.2) is 0 Å². The van der Waals surface area contributed by atoms with Crippen LogP contribution in [0.3, 0.4) is 0 Å². The molecule has 3 nitrogen and oxygen atoms in total. The van der Waals surface area contributed by atoms with E-state index in [2.05, 4.69) is 4.74 Å². The molecular formula is C5H7O3. The molecule has 0 aromatic heterocycles. The molecule has 0 aliphatic carbocycles. The van der Waals surface area contributed by atoms with Gasteiger partial charge < -0.3 is 9.84 Å². The zero-order chi connectivity index (χ0) is 6.24. The molecule has 0 amide bonds. The molecule has 1 N–H and O–H groups in total. The largest absolute Gasteiger partial charge is 0.499 e. The van der Waals surface area contributed by atoms with E-state index in [1.54, 1.807) is 0 Å². The van der Waals surface area contributed by atoms with Gasteiger partial charge in [-0.05, 0) is 0 Å². The Morgan fingerprint density at radius 1 is 1.75 bits per heavy atom. The molecule has 0 fully saturated rings. The van der Waals surface area contributed by atoms with E-state index in [0.717, 1.165) is 6.08 Å². The van der Waals surface area contributed by atoms with Gasteiger partial charge in [0.1, 0.15) is 6.61 Å². The number of rotatable bonds is 4. The Morgan fingerprint density at radius 3 is 3.00 bits per heavy atom. The van der Waals surface area contributed by atoms with Crippen molar-refractivity contribution in [2.45, 2.75) is 0 Å². The van der Waals surface area contributed by atoms with Gasteiger partial charge in [-0.15, -0.1) is 0 Å². The van der Waals surface area contributed by atoms with Crippen LogP contribution in [-0.2, 0) is 9.53 Å². The van der Waals surface area contributed by atoms with Gasteiger partial charge in [-0.1, -0.05) is 0 Å². The molecule has 0 aliphatic heterocycles. The first-order valence-corrected chi connectivity index (χ1v) is 2.17. The van der Waals surface area contributed by atoms with Gasteiger partial charge in [-0.2, -0.15) is 0 Å². The highest BCUT2D eigenvalue weighted by molar-refractivity contribution is 5.64. The minimum absolute atomic E-state index is 0.0385. The molecule has 0 saturated carbocycles. The maximum atomic E-state index is 9.41. The molecule has 0 rings (SSSR count). The fourth-order valence-electron chi connectivity index (χ4n) is 0.197. The van der Waals surface area contributed by atoms with E-state index in [-0.39, 0.29) is 13.2 Å². The van der Waals surface area contributed by atoms with Gasteiger partial charge in [0, 0.05) is 6.08 Å². The van der Waals surface area contributed by atoms with Crippen LogP contribution in [0.1, 0.15) is 0 Å². The van der Waals surface area contributed by atoms with Crippen LogP contribution in [-0.4, -0.2) is 24.6 Å². The Kier molecular flexibility index (Phi) is 5.53. The number of carbonyl (C=O) groups excluding carboxylic acids is 1. The smallest absolute Gasteiger partial charge is 0.228 e. The highest BCUT2D eigenvalue weighted by atomic mass is 16.5. The Labute approximate surface area is 47.6 Å². The third kappa shape index (κ3) is 5.17. The number of aliphatic hydroxyl groups excluding tert-OH is 1. The Bertz CT molecular complexity index is 77.7. The lowest BCUT2D eigenvalue weighted by atomic mass is 10.7. The van der Waals surface area contributed by atoms with Crippen molar-refractivity contribution in [1.82, 2.24) is 0 Å². The van der Waals surface area contributed by atoms with Crippen molar-refractivity contribution >= 4 is 6.29 Å². The standard InChI is InChI=1S/C5H7O3/c6-2-1-4-8-5-3-7/h1,4,7H,3,5H2. The SMILES string of the molecule is O=[C]C=COCCO. The van der Waals surface area contributed by atoms with Crippen molar-refractivity contribution in [3.05, 3.63) is 12.3 Å². The van der Waals surface area contributed by atoms with Crippen LogP contribution >= 0.6 is 0 Å². The molecule has 0 atom stereocenters. The lowest BCUT2D eigenvalue weighted by molar-refractivity contribution is 0.166. The van der Waals surface area contributed by atoms with Gasteiger partial charge in [-0.3, -0.25) is 4.79 Å². The van der Waals surface area contributed by atoms with Crippen molar-refractivity contribution in [2.24, 2.45) is 0 Å². The van der Waals surface area contributed by atoms with Gasteiger partial charge in [0.2, 0.25) is 6.29 Å². The van der Waals surface area contributed by atoms with Crippen LogP contribution in [0.2, 0.25) is 0 Å². The van der Waals surface area contributed by atoms with E-state index in [1.165, 1.54) is 12.5 Å². The molecule has 8 heavy (non-hydrogen) atoms. The van der Waals surface area contributed by atoms with E-state index in [0.29, 0.717) is 0 Å². The Balaban J connectivity index is 2.91. The summed E-state index contributed by atoms with van der Waals surface area (Å²) in [6.07, 6.45) is 3.77. The van der Waals surface area contributed by atoms with E-state index in [4.69, 9.17) is 5.11 Å². The molecule has 0 aromatic rings. The van der Waals surface area contributed by atoms with E-state index >= 15 is 0 Å². The summed E-state index contributed by atoms with van der Waals surface area (Å²) < 4.78 is 4.53. The summed E-state index contributed by atoms with van der Waals surface area (Å²) in [5.74, 6) is 0. The predicted octanol–water partition coefficient (Wildman–Crippen LogP) is -0.381. The Morgan fingerprint density at radius 2 is 2.50 bits per heavy atom. The quantitative estimate of drug-likeness (QED) is 0.308. The molecule has 0 aromatic carbocycles. The highest BCUT2D eigenvalue weighted by Crippen LogP contribution is 1.72. The van der Waals surface area contributed by atoms with E-state index in [9.17, 15) is 4.79 Å². The molecule has 45 valence electrons. The predicted molar refractivity (Wildman–Crippen MR) is 27.9 cm³/mol. The minimum Gasteiger partial charge on any atom is -0.499 e. The molecule has 0 saturated heterocycles. The molecular weight excluding hydrogens is 108 g/mol. The fraction of sp³-hybridized carbons (Fsp3) is 0.400. The maximum absolute atomic E-state index is 9.41. The third-order valence-corrected chi connectivity index (χ3v) is 0.441. The second-order valence-electron chi connectivity index (χ2n) is 1.01. The maximum Gasteiger partial charge on any atom is 0.228 e. The van der Waals surface area contributed by atoms with E-state index in [1.807, 2.05) is 0 Å². The zero-order valence-electron chi connectivity index (χ0n) is 4.33. The van der Waals surface area contributed by atoms with Gasteiger partial charge in [0.25, 0.3) is 0 Å². The van der Waals surface area contributed by atoms with E-state index < -0.39 is 0 Å². The fourth-order valence-corrected chi connectivity index (χ4v) is 0.197. The Hall–Kier alpha value is -0.830. The summed E-state index contributed by atoms with van der Waals surface area (Å²) in [5, 5.41) is 8.11. The summed E-state index contributed by atoms with van der Waals surface area (Å²) >= 11 is 0. The first kappa shape index (κ1) is 7.17. The van der Waals surface area contributed by atoms with Crippen molar-refractivity contribution < 1.29 is 14.6 Å². The van der Waals surface area contributed by atoms with Crippen LogP contribution < -0.4 is 0 Å². The summed E-state index contributed by atoms with van der Waals surface area (Å²) in [6.45, 7) is 0.182. The molecule has 1 radical (unpaired) electrons. The van der Waals surface area contributed by atoms with Crippen molar-refractivity contribution in [3.63, 3.8) is 0 Å². The number of ether oxygens (including phenoxy) is 1. The monoisotopic (exact) mass is 115 g/mol. The number of aliphatic hydroxyl groups is 1. The lowest BCUT2D eigenvalue weighted by Gasteiger charge is -1.90. The van der Waals surface area contributed by atoms with Crippen molar-refractivity contribution in [1.29, 1.82) is 0 Å². The third-order valence-electron chi connectivity index (χ3n) is 0.441. The number of allylic oxidation sites excluding steroid dienone is 1. The molecule has 0 bridgehead atoms. The average Bonchev–Trinajstić information content (AvgIpc) is 1.81. The van der Waals surface area contributed by atoms with Crippen molar-refractivity contribution in [3.8, 4) is 0 Å². The molecule has 0 unspecified atom stereocenters. The summed E-state index contributed by atoms with van der Waals surface area (Å²) in [6, 6.07) is 0. The van der Waals surface area contributed by atoms with Crippen LogP contribution in [0.25, 0.3) is 0 Å². The van der Waals surface area contributed by atoms with Crippen LogP contribution in [0.5, 0.6) is 0 Å². The molecule has 0 aliphatic rings. The average molecular weight is 115 g/mol. The lowest BCUT2D eigenvalue weighted by Crippen LogP contribution is -1.91. The number of hydrogen-bond acceptors (Lipinski definition) is 3. The van der Waals surface area contributed by atoms with Gasteiger partial charge >= 0.3 is 0 Å². The highest BCUT2D eigenvalue weighted by Gasteiger charge is 1.73. The molecule has 0 spiro atoms. The zero-order valence-corrected chi connectivity index (χ0v) is 4.33. The molecule has 3 heteroatoms. The van der Waals surface area contributed by atoms with Gasteiger partial charge in [0.05, 0.1) is 12.9 Å². The summed E-state index contributed by atoms with van der Waals surface area (Å²) in [7, 11) is 0. The normalized spacial score (nSPS) is 9.62. The topological polar surface area (TPSA) is 46.5 Å². The minimum atomic E-state index is -0.0385. The van der Waals surface area contributed by atoms with Crippen LogP contribution in [0.4, 0.5) is 0 Å². The van der Waals surface area contributed by atoms with Crippen LogP contribution in [0.15, 0.2) is 12.3 Å². The van der Waals surface area contributed by atoms with Crippen LogP contribution in [0, 0.1) is 0 Å². The van der Waals surface area contributed by atoms with Crippen molar-refractivity contribution in [2.75, 3.05) is 13.2 Å². The first-order chi connectivity index (χ1) is 3.91.